The van der Waals surface area contributed by atoms with E-state index in [9.17, 15) is 0 Å². The lowest BCUT2D eigenvalue weighted by atomic mass is 9.76. The SMILES string of the molecule is CCCCC(C)(CCCC)CCCN=c1cc2oc3cc(N(CC)CC)ccc3nc-2c2cc3ccccc3cc12. The summed E-state index contributed by atoms with van der Waals surface area (Å²) in [6.45, 7) is 14.2. The van der Waals surface area contributed by atoms with Crippen molar-refractivity contribution in [3.05, 3.63) is 66.0 Å². The maximum Gasteiger partial charge on any atom is 0.155 e. The Morgan fingerprint density at radius 2 is 1.44 bits per heavy atom. The number of hydrogen-bond donors (Lipinski definition) is 0. The molecule has 5 rings (SSSR count). The average molecular weight is 550 g/mol. The number of fused-ring (bicyclic) bond motifs is 5. The standard InChI is InChI=1S/C37H47N3O/c1-6-10-19-37(5,20-11-7-2)21-14-22-38-33-26-35-36(31-24-28-16-13-12-15-27(28)23-30(31)33)39-32-18-17-29(25-34(32)41-35)40(8-3)9-4/h12-13,15-18,23-26H,6-11,14,19-22H2,1-5H3. The lowest BCUT2D eigenvalue weighted by Gasteiger charge is -2.29. The second-order valence-electron chi connectivity index (χ2n) is 12.0. The highest BCUT2D eigenvalue weighted by molar-refractivity contribution is 6.04. The fourth-order valence-corrected chi connectivity index (χ4v) is 6.36. The molecule has 4 nitrogen and oxygen atoms in total. The summed E-state index contributed by atoms with van der Waals surface area (Å²) >= 11 is 0. The second kappa shape index (κ2) is 13.1. The minimum Gasteiger partial charge on any atom is -0.453 e. The van der Waals surface area contributed by atoms with Gasteiger partial charge in [-0.2, -0.15) is 0 Å². The Balaban J connectivity index is 1.58. The first-order valence-electron chi connectivity index (χ1n) is 15.9. The maximum absolute atomic E-state index is 6.59. The zero-order valence-electron chi connectivity index (χ0n) is 25.8. The number of rotatable bonds is 13. The summed E-state index contributed by atoms with van der Waals surface area (Å²) in [5.41, 5.74) is 4.18. The molecule has 0 unspecified atom stereocenters. The fraction of sp³-hybridized carbons (Fsp3) is 0.459. The van der Waals surface area contributed by atoms with E-state index in [-0.39, 0.29) is 0 Å². The van der Waals surface area contributed by atoms with Gasteiger partial charge in [-0.25, -0.2) is 4.98 Å². The minimum atomic E-state index is 0.421. The summed E-state index contributed by atoms with van der Waals surface area (Å²) in [6.07, 6.45) is 10.2. The van der Waals surface area contributed by atoms with Crippen molar-refractivity contribution in [3.8, 4) is 11.5 Å². The molecule has 0 spiro atoms. The molecule has 2 aliphatic rings. The Bertz CT molecular complexity index is 1640. The first-order chi connectivity index (χ1) is 20.0. The quantitative estimate of drug-likeness (QED) is 0.0833. The zero-order valence-corrected chi connectivity index (χ0v) is 25.8. The van der Waals surface area contributed by atoms with E-state index in [2.05, 4.69) is 100 Å². The van der Waals surface area contributed by atoms with Gasteiger partial charge >= 0.3 is 0 Å². The van der Waals surface area contributed by atoms with Gasteiger partial charge in [0, 0.05) is 48.2 Å². The largest absolute Gasteiger partial charge is 0.453 e. The van der Waals surface area contributed by atoms with Crippen molar-refractivity contribution in [1.82, 2.24) is 4.98 Å². The molecule has 0 fully saturated rings. The van der Waals surface area contributed by atoms with Crippen LogP contribution in [0.25, 0.3) is 44.1 Å². The summed E-state index contributed by atoms with van der Waals surface area (Å²) < 4.78 is 6.59. The Morgan fingerprint density at radius 3 is 2.10 bits per heavy atom. The summed E-state index contributed by atoms with van der Waals surface area (Å²) in [4.78, 5) is 12.7. The van der Waals surface area contributed by atoms with Crippen LogP contribution in [0.2, 0.25) is 0 Å². The van der Waals surface area contributed by atoms with Crippen LogP contribution < -0.4 is 10.3 Å². The Morgan fingerprint density at radius 1 is 0.780 bits per heavy atom. The van der Waals surface area contributed by atoms with Crippen LogP contribution in [0.15, 0.2) is 70.1 Å². The molecule has 0 N–H and O–H groups in total. The van der Waals surface area contributed by atoms with E-state index in [0.717, 1.165) is 64.7 Å². The van der Waals surface area contributed by atoms with Crippen LogP contribution in [0.1, 0.15) is 86.0 Å². The third-order valence-corrected chi connectivity index (χ3v) is 8.93. The van der Waals surface area contributed by atoms with Crippen molar-refractivity contribution in [2.45, 2.75) is 86.0 Å². The van der Waals surface area contributed by atoms with Crippen molar-refractivity contribution in [2.24, 2.45) is 10.4 Å². The molecule has 0 amide bonds. The molecule has 1 heterocycles. The van der Waals surface area contributed by atoms with Gasteiger partial charge in [-0.05, 0) is 80.0 Å². The lowest BCUT2D eigenvalue weighted by molar-refractivity contribution is 0.231. The molecule has 1 aliphatic carbocycles. The van der Waals surface area contributed by atoms with Crippen molar-refractivity contribution in [1.29, 1.82) is 0 Å². The van der Waals surface area contributed by atoms with E-state index in [4.69, 9.17) is 14.4 Å². The summed E-state index contributed by atoms with van der Waals surface area (Å²) in [5, 5.41) is 5.70. The number of benzene rings is 4. The molecule has 0 aromatic heterocycles. The molecule has 4 heteroatoms. The predicted molar refractivity (Wildman–Crippen MR) is 176 cm³/mol. The topological polar surface area (TPSA) is 41.6 Å². The van der Waals surface area contributed by atoms with Gasteiger partial charge in [0.05, 0.1) is 5.36 Å². The number of nitrogens with zero attached hydrogens (tertiary/aromatic N) is 3. The molecule has 0 atom stereocenters. The maximum atomic E-state index is 6.59. The third-order valence-electron chi connectivity index (χ3n) is 8.93. The lowest BCUT2D eigenvalue weighted by Crippen LogP contribution is -2.21. The molecule has 3 aromatic carbocycles. The molecule has 0 saturated heterocycles. The molecule has 41 heavy (non-hydrogen) atoms. The van der Waals surface area contributed by atoms with Crippen LogP contribution >= 0.6 is 0 Å². The zero-order chi connectivity index (χ0) is 28.8. The highest BCUT2D eigenvalue weighted by Gasteiger charge is 2.22. The second-order valence-corrected chi connectivity index (χ2v) is 12.0. The van der Waals surface area contributed by atoms with Crippen molar-refractivity contribution < 1.29 is 4.42 Å². The van der Waals surface area contributed by atoms with E-state index >= 15 is 0 Å². The van der Waals surface area contributed by atoms with Gasteiger partial charge in [-0.3, -0.25) is 4.99 Å². The molecular formula is C37H47N3O. The van der Waals surface area contributed by atoms with Gasteiger partial charge in [0.15, 0.2) is 11.3 Å². The Labute approximate surface area is 245 Å². The fourth-order valence-electron chi connectivity index (χ4n) is 6.36. The minimum absolute atomic E-state index is 0.421. The molecule has 0 bridgehead atoms. The first-order valence-corrected chi connectivity index (χ1v) is 15.9. The van der Waals surface area contributed by atoms with Crippen LogP contribution in [0.3, 0.4) is 0 Å². The molecule has 0 saturated carbocycles. The summed E-state index contributed by atoms with van der Waals surface area (Å²) in [7, 11) is 0. The van der Waals surface area contributed by atoms with E-state index in [1.165, 1.54) is 61.4 Å². The molecular weight excluding hydrogens is 502 g/mol. The van der Waals surface area contributed by atoms with E-state index in [1.54, 1.807) is 0 Å². The van der Waals surface area contributed by atoms with Crippen LogP contribution in [-0.2, 0) is 0 Å². The van der Waals surface area contributed by atoms with Gasteiger partial charge in [-0.1, -0.05) is 70.7 Å². The van der Waals surface area contributed by atoms with Gasteiger partial charge in [-0.15, -0.1) is 0 Å². The highest BCUT2D eigenvalue weighted by atomic mass is 16.3. The number of aromatic nitrogens is 1. The molecule has 1 aliphatic heterocycles. The number of hydrogen-bond acceptors (Lipinski definition) is 4. The third kappa shape index (κ3) is 6.42. The van der Waals surface area contributed by atoms with E-state index in [1.807, 2.05) is 0 Å². The first kappa shape index (κ1) is 29.1. The van der Waals surface area contributed by atoms with Gasteiger partial charge in [0.2, 0.25) is 0 Å². The molecule has 216 valence electrons. The predicted octanol–water partition coefficient (Wildman–Crippen LogP) is 10.2. The average Bonchev–Trinajstić information content (AvgIpc) is 3.00. The van der Waals surface area contributed by atoms with Crippen molar-refractivity contribution in [3.63, 3.8) is 0 Å². The summed E-state index contributed by atoms with van der Waals surface area (Å²) in [6, 6.07) is 21.6. The Kier molecular flexibility index (Phi) is 9.27. The van der Waals surface area contributed by atoms with Gasteiger partial charge in [0.1, 0.15) is 11.2 Å². The Hall–Kier alpha value is -3.40. The van der Waals surface area contributed by atoms with Crippen LogP contribution in [0.5, 0.6) is 0 Å². The van der Waals surface area contributed by atoms with Crippen LogP contribution in [0.4, 0.5) is 5.69 Å². The van der Waals surface area contributed by atoms with Gasteiger partial charge in [0.25, 0.3) is 0 Å². The summed E-state index contributed by atoms with van der Waals surface area (Å²) in [5.74, 6) is 0.798. The number of unbranched alkanes of at least 4 members (excludes halogenated alkanes) is 2. The van der Waals surface area contributed by atoms with Crippen molar-refractivity contribution >= 4 is 38.3 Å². The smallest absolute Gasteiger partial charge is 0.155 e. The monoisotopic (exact) mass is 549 g/mol. The molecule has 0 radical (unpaired) electrons. The van der Waals surface area contributed by atoms with E-state index in [0.29, 0.717) is 5.41 Å². The van der Waals surface area contributed by atoms with Crippen LogP contribution in [-0.4, -0.2) is 24.6 Å². The molecule has 3 aromatic rings. The van der Waals surface area contributed by atoms with Crippen LogP contribution in [0, 0.1) is 5.41 Å². The highest BCUT2D eigenvalue weighted by Crippen LogP contribution is 2.36. The van der Waals surface area contributed by atoms with Gasteiger partial charge < -0.3 is 9.32 Å². The number of anilines is 1. The van der Waals surface area contributed by atoms with Crippen molar-refractivity contribution in [2.75, 3.05) is 24.5 Å². The van der Waals surface area contributed by atoms with E-state index < -0.39 is 0 Å². The normalized spacial score (nSPS) is 12.8.